The number of aryl methyl sites for hydroxylation is 1. The summed E-state index contributed by atoms with van der Waals surface area (Å²) in [7, 11) is 0. The third-order valence-electron chi connectivity index (χ3n) is 8.39. The minimum atomic E-state index is -4.60. The normalized spacial score (nSPS) is 18.6. The third kappa shape index (κ3) is 4.75. The Morgan fingerprint density at radius 1 is 1.16 bits per heavy atom. The number of hydrogen-bond acceptors (Lipinski definition) is 7. The molecule has 10 nitrogen and oxygen atoms in total. The number of benzene rings is 1. The van der Waals surface area contributed by atoms with Crippen LogP contribution in [0.5, 0.6) is 5.75 Å². The second-order valence-corrected chi connectivity index (χ2v) is 12.0. The molecule has 4 heterocycles. The van der Waals surface area contributed by atoms with E-state index >= 15 is 0 Å². The Morgan fingerprint density at radius 2 is 1.84 bits per heavy atom. The van der Waals surface area contributed by atoms with Crippen molar-refractivity contribution in [2.24, 2.45) is 11.7 Å². The molecule has 2 N–H and O–H groups in total. The number of pyridine rings is 1. The molecule has 16 heteroatoms. The van der Waals surface area contributed by atoms with E-state index in [0.717, 1.165) is 22.3 Å². The van der Waals surface area contributed by atoms with Crippen molar-refractivity contribution in [3.05, 3.63) is 58.5 Å². The zero-order valence-electron chi connectivity index (χ0n) is 23.5. The van der Waals surface area contributed by atoms with E-state index in [1.54, 1.807) is 0 Å². The van der Waals surface area contributed by atoms with Crippen molar-refractivity contribution in [1.29, 1.82) is 0 Å². The van der Waals surface area contributed by atoms with Crippen molar-refractivity contribution in [3.63, 3.8) is 0 Å². The fraction of sp³-hybridized carbons (Fsp3) is 0.379. The molecule has 0 spiro atoms. The number of ether oxygens (including phenoxy) is 1. The van der Waals surface area contributed by atoms with Gasteiger partial charge in [0.05, 0.1) is 28.5 Å². The molecule has 3 aliphatic rings. The molecule has 0 atom stereocenters. The van der Waals surface area contributed by atoms with Gasteiger partial charge in [-0.25, -0.2) is 19.9 Å². The standard InChI is InChI=1S/C29H23ClF5N7O3/c1-13-39-23-21(22(24(36)43)17(8-14-2-3-14)40-25(23)42(13)27(6-7-27)29(33,34)35)15-4-5-18-19(9-15)45-28(31,32)26(44)41(18)12-20-37-10-16(30)11-38-20/h4-5,9-11,14H,2-3,6-8,12H2,1H3,(H2,36,43). The molecule has 2 fully saturated rings. The van der Waals surface area contributed by atoms with Crippen molar-refractivity contribution < 1.29 is 36.3 Å². The van der Waals surface area contributed by atoms with E-state index in [1.165, 1.54) is 37.5 Å². The Kier molecular flexibility index (Phi) is 6.38. The summed E-state index contributed by atoms with van der Waals surface area (Å²) in [5, 5.41) is 0.206. The van der Waals surface area contributed by atoms with Gasteiger partial charge < -0.3 is 10.5 Å². The topological polar surface area (TPSA) is 129 Å². The van der Waals surface area contributed by atoms with E-state index in [9.17, 15) is 31.5 Å². The van der Waals surface area contributed by atoms with Crippen LogP contribution in [0.3, 0.4) is 0 Å². The largest absolute Gasteiger partial charge is 0.482 e. The number of alkyl halides is 5. The first-order valence-electron chi connectivity index (χ1n) is 14.0. The van der Waals surface area contributed by atoms with Crippen LogP contribution in [0.2, 0.25) is 5.02 Å². The summed E-state index contributed by atoms with van der Waals surface area (Å²) in [6.45, 7) is 0.975. The molecule has 2 amide bonds. The summed E-state index contributed by atoms with van der Waals surface area (Å²) < 4.78 is 78.8. The second-order valence-electron chi connectivity index (χ2n) is 11.5. The number of carbonyl (C=O) groups is 2. The molecule has 4 aromatic rings. The van der Waals surface area contributed by atoms with E-state index in [0.29, 0.717) is 0 Å². The van der Waals surface area contributed by atoms with Crippen LogP contribution in [0, 0.1) is 12.8 Å². The first-order valence-corrected chi connectivity index (χ1v) is 14.4. The lowest BCUT2D eigenvalue weighted by Gasteiger charge is -2.33. The smallest absolute Gasteiger partial charge is 0.423 e. The number of rotatable bonds is 7. The van der Waals surface area contributed by atoms with Crippen LogP contribution in [0.1, 0.15) is 53.4 Å². The predicted octanol–water partition coefficient (Wildman–Crippen LogP) is 5.47. The van der Waals surface area contributed by atoms with Crippen molar-refractivity contribution in [2.45, 2.75) is 63.4 Å². The van der Waals surface area contributed by atoms with Crippen molar-refractivity contribution in [1.82, 2.24) is 24.5 Å². The summed E-state index contributed by atoms with van der Waals surface area (Å²) >= 11 is 5.82. The summed E-state index contributed by atoms with van der Waals surface area (Å²) in [6, 6.07) is 3.94. The summed E-state index contributed by atoms with van der Waals surface area (Å²) in [6.07, 6.45) is -4.73. The molecular weight excluding hydrogens is 625 g/mol. The van der Waals surface area contributed by atoms with Crippen LogP contribution >= 0.6 is 11.6 Å². The number of halogens is 6. The number of anilines is 1. The highest BCUT2D eigenvalue weighted by Crippen LogP contribution is 2.57. The predicted molar refractivity (Wildman–Crippen MR) is 150 cm³/mol. The van der Waals surface area contributed by atoms with E-state index in [-0.39, 0.29) is 81.1 Å². The molecule has 0 saturated heterocycles. The molecule has 1 aliphatic heterocycles. The van der Waals surface area contributed by atoms with Gasteiger partial charge in [0, 0.05) is 18.0 Å². The average Bonchev–Trinajstić information content (AvgIpc) is 3.89. The van der Waals surface area contributed by atoms with Gasteiger partial charge in [0.2, 0.25) is 0 Å². The number of imidazole rings is 1. The summed E-state index contributed by atoms with van der Waals surface area (Å²) in [5.41, 5.74) is 3.76. The Morgan fingerprint density at radius 3 is 2.44 bits per heavy atom. The number of fused-ring (bicyclic) bond motifs is 2. The molecule has 2 saturated carbocycles. The molecule has 2 aliphatic carbocycles. The van der Waals surface area contributed by atoms with Gasteiger partial charge in [-0.3, -0.25) is 19.1 Å². The quantitative estimate of drug-likeness (QED) is 0.263. The molecular formula is C29H23ClF5N7O3. The maximum atomic E-state index is 14.9. The molecule has 1 aromatic carbocycles. The molecule has 0 bridgehead atoms. The van der Waals surface area contributed by atoms with Crippen molar-refractivity contribution in [2.75, 3.05) is 4.90 Å². The van der Waals surface area contributed by atoms with Crippen LogP contribution in [-0.2, 0) is 23.3 Å². The van der Waals surface area contributed by atoms with Gasteiger partial charge in [-0.15, -0.1) is 0 Å². The molecule has 45 heavy (non-hydrogen) atoms. The third-order valence-corrected chi connectivity index (χ3v) is 8.58. The van der Waals surface area contributed by atoms with Gasteiger partial charge in [-0.2, -0.15) is 22.0 Å². The van der Waals surface area contributed by atoms with E-state index in [1.807, 2.05) is 0 Å². The van der Waals surface area contributed by atoms with E-state index < -0.39 is 41.9 Å². The fourth-order valence-corrected chi connectivity index (χ4v) is 6.03. The minimum Gasteiger partial charge on any atom is -0.423 e. The first-order chi connectivity index (χ1) is 21.2. The van der Waals surface area contributed by atoms with Crippen LogP contribution < -0.4 is 15.4 Å². The van der Waals surface area contributed by atoms with Crippen LogP contribution in [0.15, 0.2) is 30.6 Å². The highest BCUT2D eigenvalue weighted by atomic mass is 35.5. The monoisotopic (exact) mass is 647 g/mol. The zero-order chi connectivity index (χ0) is 32.1. The average molecular weight is 648 g/mol. The Bertz CT molecular complexity index is 1900. The van der Waals surface area contributed by atoms with E-state index in [2.05, 4.69) is 19.9 Å². The number of amides is 2. The summed E-state index contributed by atoms with van der Waals surface area (Å²) in [5.74, 6) is -2.78. The van der Waals surface area contributed by atoms with Gasteiger partial charge in [0.1, 0.15) is 22.7 Å². The fourth-order valence-electron chi connectivity index (χ4n) is 5.93. The highest BCUT2D eigenvalue weighted by molar-refractivity contribution is 6.30. The Balaban J connectivity index is 1.43. The number of nitrogens with two attached hydrogens (primary N) is 1. The van der Waals surface area contributed by atoms with Crippen LogP contribution in [0.4, 0.5) is 27.6 Å². The number of aromatic nitrogens is 5. The Labute approximate surface area is 256 Å². The molecule has 3 aromatic heterocycles. The lowest BCUT2D eigenvalue weighted by molar-refractivity contribution is -0.193. The molecule has 234 valence electrons. The molecule has 0 unspecified atom stereocenters. The first kappa shape index (κ1) is 29.3. The van der Waals surface area contributed by atoms with Crippen LogP contribution in [-0.4, -0.2) is 48.6 Å². The number of primary amides is 1. The van der Waals surface area contributed by atoms with Gasteiger partial charge >= 0.3 is 18.2 Å². The summed E-state index contributed by atoms with van der Waals surface area (Å²) in [4.78, 5) is 43.4. The molecule has 7 rings (SSSR count). The maximum Gasteiger partial charge on any atom is 0.482 e. The van der Waals surface area contributed by atoms with Gasteiger partial charge in [0.15, 0.2) is 11.4 Å². The lowest BCUT2D eigenvalue weighted by atomic mass is 9.94. The highest BCUT2D eigenvalue weighted by Gasteiger charge is 2.66. The van der Waals surface area contributed by atoms with Crippen molar-refractivity contribution in [3.8, 4) is 16.9 Å². The van der Waals surface area contributed by atoms with Crippen LogP contribution in [0.25, 0.3) is 22.3 Å². The molecule has 0 radical (unpaired) electrons. The maximum absolute atomic E-state index is 14.9. The SMILES string of the molecule is Cc1nc2c(-c3ccc4c(c3)OC(F)(F)C(=O)N4Cc3ncc(Cl)cn3)c(C(N)=O)c(CC3CC3)nc2n1C1(C(F)(F)F)CC1. The second kappa shape index (κ2) is 9.80. The minimum absolute atomic E-state index is 0.0213. The van der Waals surface area contributed by atoms with Gasteiger partial charge in [-0.1, -0.05) is 17.7 Å². The van der Waals surface area contributed by atoms with Gasteiger partial charge in [0.25, 0.3) is 5.91 Å². The van der Waals surface area contributed by atoms with Gasteiger partial charge in [-0.05, 0) is 62.6 Å². The van der Waals surface area contributed by atoms with Crippen molar-refractivity contribution >= 4 is 40.3 Å². The van der Waals surface area contributed by atoms with E-state index in [4.69, 9.17) is 22.1 Å². The number of hydrogen-bond donors (Lipinski definition) is 1. The zero-order valence-corrected chi connectivity index (χ0v) is 24.2. The number of nitrogens with zero attached hydrogens (tertiary/aromatic N) is 6. The Hall–Kier alpha value is -4.40. The number of carbonyl (C=O) groups excluding carboxylic acids is 2. The lowest BCUT2D eigenvalue weighted by Crippen LogP contribution is -2.50.